The molecule has 0 aliphatic carbocycles. The number of amidine groups is 1. The highest BCUT2D eigenvalue weighted by Gasteiger charge is 2.27. The van der Waals surface area contributed by atoms with Gasteiger partial charge in [-0.1, -0.05) is 0 Å². The average Bonchev–Trinajstić information content (AvgIpc) is 3.38. The summed E-state index contributed by atoms with van der Waals surface area (Å²) in [6.07, 6.45) is 14.9. The minimum atomic E-state index is -0.251. The van der Waals surface area contributed by atoms with Gasteiger partial charge < -0.3 is 24.0 Å². The molecule has 1 aromatic carbocycles. The monoisotopic (exact) mass is 403 g/mol. The Labute approximate surface area is 172 Å². The van der Waals surface area contributed by atoms with Gasteiger partial charge in [-0.3, -0.25) is 14.8 Å². The van der Waals surface area contributed by atoms with E-state index in [1.165, 1.54) is 24.9 Å². The second-order valence-corrected chi connectivity index (χ2v) is 6.62. The number of ketones is 1. The summed E-state index contributed by atoms with van der Waals surface area (Å²) >= 11 is 0. The van der Waals surface area contributed by atoms with Gasteiger partial charge in [0.25, 0.3) is 0 Å². The number of rotatable bonds is 0. The van der Waals surface area contributed by atoms with Crippen LogP contribution in [0.5, 0.6) is 11.5 Å². The smallest absolute Gasteiger partial charge is 0.231 e. The maximum atomic E-state index is 11.8. The molecule has 2 bridgehead atoms. The van der Waals surface area contributed by atoms with Crippen molar-refractivity contribution >= 4 is 29.7 Å². The minimum Gasteiger partial charge on any atom is -0.493 e. The van der Waals surface area contributed by atoms with E-state index in [0.717, 1.165) is 11.1 Å². The van der Waals surface area contributed by atoms with Gasteiger partial charge in [0, 0.05) is 48.4 Å². The molecule has 0 radical (unpaired) electrons. The maximum Gasteiger partial charge on any atom is 0.231 e. The number of hydrogen-bond donors (Lipinski definition) is 0. The van der Waals surface area contributed by atoms with E-state index in [9.17, 15) is 4.79 Å². The molecule has 0 aromatic heterocycles. The van der Waals surface area contributed by atoms with Crippen molar-refractivity contribution in [2.24, 2.45) is 15.0 Å². The van der Waals surface area contributed by atoms with E-state index in [1.807, 2.05) is 40.5 Å². The van der Waals surface area contributed by atoms with Crippen LogP contribution in [0.25, 0.3) is 0 Å². The Morgan fingerprint density at radius 2 is 1.93 bits per heavy atom. The third kappa shape index (κ3) is 3.48. The minimum absolute atomic E-state index is 0.107. The second-order valence-electron chi connectivity index (χ2n) is 6.62. The van der Waals surface area contributed by atoms with Gasteiger partial charge in [-0.2, -0.15) is 0 Å². The van der Waals surface area contributed by atoms with Crippen LogP contribution in [0.3, 0.4) is 0 Å². The number of Topliss-reactive ketones (excluding diaryl/α,β-unsaturated/α-hetero) is 1. The molecule has 30 heavy (non-hydrogen) atoms. The molecular weight excluding hydrogens is 386 g/mol. The van der Waals surface area contributed by atoms with Gasteiger partial charge in [0.1, 0.15) is 11.5 Å². The van der Waals surface area contributed by atoms with E-state index in [0.29, 0.717) is 29.7 Å². The van der Waals surface area contributed by atoms with E-state index >= 15 is 0 Å². The Balaban J connectivity index is 1.64. The van der Waals surface area contributed by atoms with Crippen molar-refractivity contribution in [3.63, 3.8) is 0 Å². The van der Waals surface area contributed by atoms with Gasteiger partial charge in [0.05, 0.1) is 19.1 Å². The standard InChI is InChI=1S/C21H17N5O4/c27-17-10-23-5-4-22-9-15-1-2-18-20(30-14-29-18)19(15)24-21-16(3-8-28-12-17)11-25-6-7-26(21)13-25/h1-11H,12-14H2/b5-4-,8-3-,22-9?,23-10?,24-21?. The molecule has 0 spiro atoms. The van der Waals surface area contributed by atoms with Crippen LogP contribution < -0.4 is 9.47 Å². The van der Waals surface area contributed by atoms with Crippen LogP contribution in [0.2, 0.25) is 0 Å². The molecule has 0 saturated carbocycles. The lowest BCUT2D eigenvalue weighted by Crippen LogP contribution is -2.34. The first kappa shape index (κ1) is 17.9. The second kappa shape index (κ2) is 7.70. The van der Waals surface area contributed by atoms with Crippen molar-refractivity contribution < 1.29 is 19.0 Å². The van der Waals surface area contributed by atoms with Crippen molar-refractivity contribution in [2.75, 3.05) is 20.1 Å². The molecule has 0 fully saturated rings. The molecule has 0 atom stereocenters. The van der Waals surface area contributed by atoms with Crippen molar-refractivity contribution in [3.8, 4) is 11.5 Å². The summed E-state index contributed by atoms with van der Waals surface area (Å²) in [7, 11) is 0. The number of benzene rings is 1. The number of aliphatic imine (C=N–C) groups is 3. The van der Waals surface area contributed by atoms with Crippen molar-refractivity contribution in [1.82, 2.24) is 9.80 Å². The number of fused-ring (bicyclic) bond motifs is 7. The molecule has 1 aromatic rings. The molecule has 9 nitrogen and oxygen atoms in total. The first-order chi connectivity index (χ1) is 14.8. The topological polar surface area (TPSA) is 88.3 Å². The van der Waals surface area contributed by atoms with E-state index in [4.69, 9.17) is 19.2 Å². The largest absolute Gasteiger partial charge is 0.493 e. The Morgan fingerprint density at radius 3 is 2.87 bits per heavy atom. The number of ether oxygens (including phenoxy) is 3. The Hall–Kier alpha value is -4.14. The molecule has 0 amide bonds. The van der Waals surface area contributed by atoms with Crippen LogP contribution >= 0.6 is 0 Å². The summed E-state index contributed by atoms with van der Waals surface area (Å²) < 4.78 is 16.6. The summed E-state index contributed by atoms with van der Waals surface area (Å²) in [6.45, 7) is 0.693. The molecular formula is C21H17N5O4. The van der Waals surface area contributed by atoms with Crippen LogP contribution in [0.1, 0.15) is 5.56 Å². The lowest BCUT2D eigenvalue weighted by atomic mass is 10.1. The van der Waals surface area contributed by atoms with Gasteiger partial charge in [0.2, 0.25) is 12.6 Å². The van der Waals surface area contributed by atoms with E-state index < -0.39 is 0 Å². The number of carbonyl (C=O) groups is 1. The quantitative estimate of drug-likeness (QED) is 0.661. The highest BCUT2D eigenvalue weighted by Crippen LogP contribution is 2.43. The fourth-order valence-corrected chi connectivity index (χ4v) is 3.22. The molecule has 5 rings (SSSR count). The highest BCUT2D eigenvalue weighted by molar-refractivity contribution is 6.28. The first-order valence-electron chi connectivity index (χ1n) is 9.24. The lowest BCUT2D eigenvalue weighted by molar-refractivity contribution is -0.115. The molecule has 0 N–H and O–H groups in total. The highest BCUT2D eigenvalue weighted by atomic mass is 16.7. The Kier molecular flexibility index (Phi) is 4.60. The van der Waals surface area contributed by atoms with Gasteiger partial charge >= 0.3 is 0 Å². The maximum absolute atomic E-state index is 11.8. The third-order valence-electron chi connectivity index (χ3n) is 4.59. The fraction of sp³-hybridized carbons (Fsp3) is 0.143. The van der Waals surface area contributed by atoms with Crippen LogP contribution in [0.15, 0.2) is 76.0 Å². The SMILES string of the molecule is O=C1C=N/C=C\N=Cc2ccc3c(c2N=C2C(=CN4C=CN2C4)/C=C\OC1)OCO3. The summed E-state index contributed by atoms with van der Waals surface area (Å²) in [6, 6.07) is 3.70. The molecule has 150 valence electrons. The molecule has 0 saturated heterocycles. The van der Waals surface area contributed by atoms with Crippen molar-refractivity contribution in [1.29, 1.82) is 0 Å². The molecule has 0 unspecified atom stereocenters. The molecule has 4 aliphatic rings. The number of nitrogens with zero attached hydrogens (tertiary/aromatic N) is 5. The summed E-state index contributed by atoms with van der Waals surface area (Å²) in [5.41, 5.74) is 2.20. The normalized spacial score (nSPS) is 21.5. The molecule has 4 aliphatic heterocycles. The Morgan fingerprint density at radius 1 is 1.03 bits per heavy atom. The predicted octanol–water partition coefficient (Wildman–Crippen LogP) is 2.46. The van der Waals surface area contributed by atoms with Crippen molar-refractivity contribution in [3.05, 3.63) is 66.6 Å². The predicted molar refractivity (Wildman–Crippen MR) is 111 cm³/mol. The van der Waals surface area contributed by atoms with Gasteiger partial charge in [0.15, 0.2) is 18.1 Å². The first-order valence-corrected chi connectivity index (χ1v) is 9.24. The summed E-state index contributed by atoms with van der Waals surface area (Å²) in [5.74, 6) is 1.68. The zero-order valence-electron chi connectivity index (χ0n) is 15.8. The van der Waals surface area contributed by atoms with Gasteiger partial charge in [-0.25, -0.2) is 4.99 Å². The fourth-order valence-electron chi connectivity index (χ4n) is 3.22. The zero-order valence-corrected chi connectivity index (χ0v) is 15.8. The Bertz CT molecular complexity index is 1100. The van der Waals surface area contributed by atoms with E-state index in [1.54, 1.807) is 12.3 Å². The van der Waals surface area contributed by atoms with Crippen LogP contribution in [-0.2, 0) is 9.53 Å². The number of hydrogen-bond acceptors (Lipinski definition) is 9. The average molecular weight is 403 g/mol. The van der Waals surface area contributed by atoms with Gasteiger partial charge in [-0.05, 0) is 18.2 Å². The lowest BCUT2D eigenvalue weighted by Gasteiger charge is -2.27. The van der Waals surface area contributed by atoms with E-state index in [-0.39, 0.29) is 19.2 Å². The number of carbonyl (C=O) groups excluding carboxylic acids is 1. The summed E-state index contributed by atoms with van der Waals surface area (Å²) in [5, 5.41) is 0. The van der Waals surface area contributed by atoms with E-state index in [2.05, 4.69) is 9.98 Å². The van der Waals surface area contributed by atoms with Crippen molar-refractivity contribution in [2.45, 2.75) is 0 Å². The molecule has 9 heteroatoms. The third-order valence-corrected chi connectivity index (χ3v) is 4.59. The van der Waals surface area contributed by atoms with Gasteiger partial charge in [-0.15, -0.1) is 0 Å². The van der Waals surface area contributed by atoms with Crippen LogP contribution in [-0.4, -0.2) is 53.9 Å². The summed E-state index contributed by atoms with van der Waals surface area (Å²) in [4.78, 5) is 28.9. The van der Waals surface area contributed by atoms with Crippen LogP contribution in [0, 0.1) is 0 Å². The zero-order chi connectivity index (χ0) is 20.3. The molecule has 4 heterocycles. The van der Waals surface area contributed by atoms with Crippen LogP contribution in [0.4, 0.5) is 5.69 Å².